The molecule has 0 unspecified atom stereocenters. The summed E-state index contributed by atoms with van der Waals surface area (Å²) >= 11 is 0. The lowest BCUT2D eigenvalue weighted by molar-refractivity contribution is 0.142. The van der Waals surface area contributed by atoms with Crippen LogP contribution in [-0.2, 0) is 11.3 Å². The van der Waals surface area contributed by atoms with Crippen molar-refractivity contribution in [3.63, 3.8) is 0 Å². The first-order valence-electron chi connectivity index (χ1n) is 4.86. The van der Waals surface area contributed by atoms with E-state index in [0.717, 1.165) is 22.6 Å². The molecule has 15 heavy (non-hydrogen) atoms. The average molecular weight is 206 g/mol. The number of hydrogen-bond acceptors (Lipinski definition) is 3. The van der Waals surface area contributed by atoms with Crippen molar-refractivity contribution in [2.75, 3.05) is 13.4 Å². The highest BCUT2D eigenvalue weighted by atomic mass is 16.7. The predicted octanol–water partition coefficient (Wildman–Crippen LogP) is 2.51. The van der Waals surface area contributed by atoms with Gasteiger partial charge in [0.2, 0.25) is 6.79 Å². The Morgan fingerprint density at radius 3 is 3.00 bits per heavy atom. The van der Waals surface area contributed by atoms with Gasteiger partial charge in [-0.1, -0.05) is 18.2 Å². The third-order valence-corrected chi connectivity index (χ3v) is 2.05. The average Bonchev–Trinajstić information content (AvgIpc) is 2.64. The van der Waals surface area contributed by atoms with Crippen molar-refractivity contribution in [2.45, 2.75) is 13.5 Å². The zero-order valence-corrected chi connectivity index (χ0v) is 8.79. The van der Waals surface area contributed by atoms with E-state index in [-0.39, 0.29) is 0 Å². The highest BCUT2D eigenvalue weighted by Gasteiger charge is 2.12. The van der Waals surface area contributed by atoms with E-state index >= 15 is 0 Å². The minimum atomic E-state index is 0.311. The Labute approximate surface area is 89.3 Å². The molecule has 1 heterocycles. The van der Waals surface area contributed by atoms with Crippen molar-refractivity contribution in [2.24, 2.45) is 0 Å². The number of ether oxygens (including phenoxy) is 3. The molecule has 1 aromatic carbocycles. The van der Waals surface area contributed by atoms with Gasteiger partial charge in [0.05, 0.1) is 13.2 Å². The summed E-state index contributed by atoms with van der Waals surface area (Å²) in [6.45, 7) is 7.19. The Kier molecular flexibility index (Phi) is 2.92. The Balaban J connectivity index is 1.95. The third kappa shape index (κ3) is 2.50. The van der Waals surface area contributed by atoms with E-state index < -0.39 is 0 Å². The van der Waals surface area contributed by atoms with Crippen LogP contribution in [0, 0.1) is 0 Å². The van der Waals surface area contributed by atoms with Gasteiger partial charge >= 0.3 is 0 Å². The fraction of sp³-hybridized carbons (Fsp3) is 0.333. The van der Waals surface area contributed by atoms with E-state index in [1.165, 1.54) is 0 Å². The fourth-order valence-corrected chi connectivity index (χ4v) is 1.37. The molecule has 3 nitrogen and oxygen atoms in total. The summed E-state index contributed by atoms with van der Waals surface area (Å²) < 4.78 is 15.9. The Hall–Kier alpha value is -1.48. The van der Waals surface area contributed by atoms with Crippen LogP contribution in [0.25, 0.3) is 0 Å². The first kappa shape index (κ1) is 10.1. The van der Waals surface area contributed by atoms with Crippen molar-refractivity contribution < 1.29 is 14.2 Å². The zero-order chi connectivity index (χ0) is 10.7. The highest BCUT2D eigenvalue weighted by molar-refractivity contribution is 5.44. The van der Waals surface area contributed by atoms with Crippen LogP contribution in [0.3, 0.4) is 0 Å². The number of fused-ring (bicyclic) bond motifs is 1. The van der Waals surface area contributed by atoms with E-state index in [2.05, 4.69) is 6.58 Å². The predicted molar refractivity (Wildman–Crippen MR) is 57.0 cm³/mol. The van der Waals surface area contributed by atoms with Gasteiger partial charge < -0.3 is 14.2 Å². The molecular weight excluding hydrogens is 192 g/mol. The summed E-state index contributed by atoms with van der Waals surface area (Å²) in [5, 5.41) is 0. The first-order chi connectivity index (χ1) is 7.25. The van der Waals surface area contributed by atoms with Gasteiger partial charge in [-0.05, 0) is 24.6 Å². The van der Waals surface area contributed by atoms with Crippen LogP contribution >= 0.6 is 0 Å². The van der Waals surface area contributed by atoms with Crippen molar-refractivity contribution >= 4 is 0 Å². The van der Waals surface area contributed by atoms with Gasteiger partial charge in [-0.15, -0.1) is 0 Å². The minimum Gasteiger partial charge on any atom is -0.454 e. The smallest absolute Gasteiger partial charge is 0.231 e. The molecule has 0 N–H and O–H groups in total. The molecule has 0 fully saturated rings. The Bertz CT molecular complexity index is 371. The van der Waals surface area contributed by atoms with Gasteiger partial charge in [0, 0.05) is 0 Å². The monoisotopic (exact) mass is 206 g/mol. The summed E-state index contributed by atoms with van der Waals surface area (Å²) in [6.07, 6.45) is 0. The summed E-state index contributed by atoms with van der Waals surface area (Å²) in [4.78, 5) is 0. The van der Waals surface area contributed by atoms with Crippen LogP contribution in [0.1, 0.15) is 12.5 Å². The quantitative estimate of drug-likeness (QED) is 0.708. The molecular formula is C12H14O3. The van der Waals surface area contributed by atoms with Crippen LogP contribution in [0.4, 0.5) is 0 Å². The molecule has 0 amide bonds. The molecule has 1 aliphatic heterocycles. The van der Waals surface area contributed by atoms with Crippen LogP contribution in [0.5, 0.6) is 11.5 Å². The summed E-state index contributed by atoms with van der Waals surface area (Å²) in [5.74, 6) is 1.60. The first-order valence-corrected chi connectivity index (χ1v) is 4.86. The molecule has 0 bridgehead atoms. The molecule has 0 spiro atoms. The molecule has 0 aromatic heterocycles. The molecule has 0 radical (unpaired) electrons. The second kappa shape index (κ2) is 4.36. The van der Waals surface area contributed by atoms with Crippen molar-refractivity contribution in [1.82, 2.24) is 0 Å². The third-order valence-electron chi connectivity index (χ3n) is 2.05. The number of benzene rings is 1. The largest absolute Gasteiger partial charge is 0.454 e. The maximum atomic E-state index is 5.44. The van der Waals surface area contributed by atoms with E-state index in [9.17, 15) is 0 Å². The van der Waals surface area contributed by atoms with Crippen LogP contribution < -0.4 is 9.47 Å². The maximum absolute atomic E-state index is 5.44. The van der Waals surface area contributed by atoms with Crippen LogP contribution in [0.15, 0.2) is 30.4 Å². The van der Waals surface area contributed by atoms with Crippen molar-refractivity contribution in [3.05, 3.63) is 35.9 Å². The standard InChI is InChI=1S/C12H14O3/c1-9(2)6-13-7-10-3-4-11-12(5-10)15-8-14-11/h3-5H,1,6-8H2,2H3. The molecule has 0 saturated heterocycles. The zero-order valence-electron chi connectivity index (χ0n) is 8.79. The Morgan fingerprint density at radius 1 is 1.40 bits per heavy atom. The van der Waals surface area contributed by atoms with Gasteiger partial charge in [-0.25, -0.2) is 0 Å². The lowest BCUT2D eigenvalue weighted by Crippen LogP contribution is -1.95. The second-order valence-electron chi connectivity index (χ2n) is 3.64. The molecule has 0 saturated carbocycles. The molecule has 1 aliphatic rings. The van der Waals surface area contributed by atoms with Crippen molar-refractivity contribution in [3.8, 4) is 11.5 Å². The van der Waals surface area contributed by atoms with E-state index in [4.69, 9.17) is 14.2 Å². The topological polar surface area (TPSA) is 27.7 Å². The van der Waals surface area contributed by atoms with Gasteiger partial charge in [0.25, 0.3) is 0 Å². The highest BCUT2D eigenvalue weighted by Crippen LogP contribution is 2.32. The normalized spacial score (nSPS) is 12.9. The lowest BCUT2D eigenvalue weighted by Gasteiger charge is -2.04. The SMILES string of the molecule is C=C(C)COCc1ccc2c(c1)OCO2. The van der Waals surface area contributed by atoms with Gasteiger partial charge in [0.1, 0.15) is 0 Å². The van der Waals surface area contributed by atoms with Gasteiger partial charge in [0.15, 0.2) is 11.5 Å². The van der Waals surface area contributed by atoms with Crippen LogP contribution in [0.2, 0.25) is 0 Å². The fourth-order valence-electron chi connectivity index (χ4n) is 1.37. The van der Waals surface area contributed by atoms with E-state index in [1.807, 2.05) is 25.1 Å². The van der Waals surface area contributed by atoms with E-state index in [1.54, 1.807) is 0 Å². The lowest BCUT2D eigenvalue weighted by atomic mass is 10.2. The molecule has 3 heteroatoms. The summed E-state index contributed by atoms with van der Waals surface area (Å²) in [6, 6.07) is 5.83. The van der Waals surface area contributed by atoms with Gasteiger partial charge in [-0.2, -0.15) is 0 Å². The number of hydrogen-bond donors (Lipinski definition) is 0. The number of rotatable bonds is 4. The van der Waals surface area contributed by atoms with E-state index in [0.29, 0.717) is 20.0 Å². The van der Waals surface area contributed by atoms with Crippen LogP contribution in [-0.4, -0.2) is 13.4 Å². The second-order valence-corrected chi connectivity index (χ2v) is 3.64. The van der Waals surface area contributed by atoms with Crippen molar-refractivity contribution in [1.29, 1.82) is 0 Å². The maximum Gasteiger partial charge on any atom is 0.231 e. The molecule has 0 aliphatic carbocycles. The minimum absolute atomic E-state index is 0.311. The van der Waals surface area contributed by atoms with Gasteiger partial charge in [-0.3, -0.25) is 0 Å². The molecule has 80 valence electrons. The summed E-state index contributed by atoms with van der Waals surface area (Å²) in [7, 11) is 0. The molecule has 0 atom stereocenters. The molecule has 1 aromatic rings. The Morgan fingerprint density at radius 2 is 2.20 bits per heavy atom. The molecule has 2 rings (SSSR count). The summed E-state index contributed by atoms with van der Waals surface area (Å²) in [5.41, 5.74) is 2.11.